The van der Waals surface area contributed by atoms with E-state index in [1.807, 2.05) is 37.3 Å². The Bertz CT molecular complexity index is 1300. The third kappa shape index (κ3) is 3.70. The molecule has 174 valence electrons. The van der Waals surface area contributed by atoms with Crippen molar-refractivity contribution in [3.05, 3.63) is 81.9 Å². The highest BCUT2D eigenvalue weighted by molar-refractivity contribution is 7.14. The van der Waals surface area contributed by atoms with E-state index in [9.17, 15) is 14.7 Å². The number of hydrogen-bond donors (Lipinski definition) is 1. The van der Waals surface area contributed by atoms with Gasteiger partial charge in [-0.15, -0.1) is 11.3 Å². The first-order valence-electron chi connectivity index (χ1n) is 11.3. The van der Waals surface area contributed by atoms with Gasteiger partial charge in [-0.25, -0.2) is 4.98 Å². The molecule has 2 aromatic carbocycles. The summed E-state index contributed by atoms with van der Waals surface area (Å²) < 4.78 is 5.77. The highest BCUT2D eigenvalue weighted by Gasteiger charge is 2.48. The maximum absolute atomic E-state index is 13.3. The van der Waals surface area contributed by atoms with Crippen molar-refractivity contribution in [3.63, 3.8) is 0 Å². The van der Waals surface area contributed by atoms with Crippen LogP contribution in [0.5, 0.6) is 5.75 Å². The zero-order valence-electron chi connectivity index (χ0n) is 19.5. The van der Waals surface area contributed by atoms with Gasteiger partial charge < -0.3 is 9.84 Å². The lowest BCUT2D eigenvalue weighted by Gasteiger charge is -2.24. The summed E-state index contributed by atoms with van der Waals surface area (Å²) in [4.78, 5) is 32.1. The number of aliphatic hydroxyl groups excluding tert-OH is 1. The lowest BCUT2D eigenvalue weighted by Crippen LogP contribution is -2.29. The standard InChI is InChI=1S/C27H26N2O4S/c1-15-13-18-14-17(7-10-20(18)33-15)23(30)21-22(16-5-8-19(9-6-16)27(2,3)4)29(25(32)24(21)31)26-28-11-12-34-26/h5-12,14-15,22,30H,13H2,1-4H3/b23-21+/t15-,22+/m0/s1. The molecule has 2 aliphatic rings. The van der Waals surface area contributed by atoms with E-state index >= 15 is 0 Å². The Morgan fingerprint density at radius 3 is 2.53 bits per heavy atom. The van der Waals surface area contributed by atoms with Crippen LogP contribution in [0.25, 0.3) is 5.76 Å². The van der Waals surface area contributed by atoms with Crippen molar-refractivity contribution >= 4 is 33.9 Å². The number of Topliss-reactive ketones (excluding diaryl/α,β-unsaturated/α-hetero) is 1. The van der Waals surface area contributed by atoms with Crippen LogP contribution in [0, 0.1) is 0 Å². The number of nitrogens with zero attached hydrogens (tertiary/aromatic N) is 2. The minimum atomic E-state index is -0.774. The Balaban J connectivity index is 1.66. The van der Waals surface area contributed by atoms with Crippen molar-refractivity contribution in [1.82, 2.24) is 4.98 Å². The summed E-state index contributed by atoms with van der Waals surface area (Å²) in [5, 5.41) is 13.5. The van der Waals surface area contributed by atoms with Gasteiger partial charge in [-0.05, 0) is 47.2 Å². The number of anilines is 1. The van der Waals surface area contributed by atoms with Crippen LogP contribution in [-0.4, -0.2) is 27.9 Å². The van der Waals surface area contributed by atoms with E-state index in [-0.39, 0.29) is 22.9 Å². The van der Waals surface area contributed by atoms with Gasteiger partial charge in [0.1, 0.15) is 17.6 Å². The van der Waals surface area contributed by atoms with E-state index in [4.69, 9.17) is 4.74 Å². The first-order valence-corrected chi connectivity index (χ1v) is 12.1. The molecular weight excluding hydrogens is 448 g/mol. The second-order valence-corrected chi connectivity index (χ2v) is 10.7. The van der Waals surface area contributed by atoms with E-state index in [1.54, 1.807) is 23.7 Å². The molecule has 7 heteroatoms. The molecule has 2 aliphatic heterocycles. The number of hydrogen-bond acceptors (Lipinski definition) is 6. The predicted octanol–water partition coefficient (Wildman–Crippen LogP) is 5.39. The van der Waals surface area contributed by atoms with Gasteiger partial charge in [0.25, 0.3) is 5.78 Å². The number of carbonyl (C=O) groups is 2. The largest absolute Gasteiger partial charge is 0.507 e. The summed E-state index contributed by atoms with van der Waals surface area (Å²) in [6.07, 6.45) is 2.38. The summed E-state index contributed by atoms with van der Waals surface area (Å²) >= 11 is 1.28. The molecule has 0 spiro atoms. The highest BCUT2D eigenvalue weighted by Crippen LogP contribution is 2.43. The van der Waals surface area contributed by atoms with Gasteiger partial charge in [0, 0.05) is 23.6 Å². The van der Waals surface area contributed by atoms with Gasteiger partial charge in [-0.2, -0.15) is 0 Å². The fourth-order valence-corrected chi connectivity index (χ4v) is 5.24. The fraction of sp³-hybridized carbons (Fsp3) is 0.296. The number of fused-ring (bicyclic) bond motifs is 1. The van der Waals surface area contributed by atoms with Crippen LogP contribution >= 0.6 is 11.3 Å². The molecule has 2 atom stereocenters. The molecule has 0 unspecified atom stereocenters. The first-order chi connectivity index (χ1) is 16.1. The molecule has 1 amide bonds. The lowest BCUT2D eigenvalue weighted by molar-refractivity contribution is -0.132. The number of amides is 1. The summed E-state index contributed by atoms with van der Waals surface area (Å²) in [5.41, 5.74) is 3.36. The minimum absolute atomic E-state index is 0.0424. The van der Waals surface area contributed by atoms with Gasteiger partial charge in [-0.1, -0.05) is 45.0 Å². The number of benzene rings is 2. The lowest BCUT2D eigenvalue weighted by atomic mass is 9.85. The van der Waals surface area contributed by atoms with Gasteiger partial charge >= 0.3 is 5.91 Å². The number of thiazole rings is 1. The summed E-state index contributed by atoms with van der Waals surface area (Å²) in [5.74, 6) is -0.825. The molecule has 0 saturated carbocycles. The van der Waals surface area contributed by atoms with Crippen molar-refractivity contribution in [1.29, 1.82) is 0 Å². The molecule has 1 N–H and O–H groups in total. The van der Waals surface area contributed by atoms with Crippen LogP contribution in [0.2, 0.25) is 0 Å². The molecule has 0 aliphatic carbocycles. The Hall–Kier alpha value is -3.45. The van der Waals surface area contributed by atoms with Crippen molar-refractivity contribution in [2.24, 2.45) is 0 Å². The van der Waals surface area contributed by atoms with E-state index < -0.39 is 17.7 Å². The maximum Gasteiger partial charge on any atom is 0.301 e. The molecule has 0 bridgehead atoms. The van der Waals surface area contributed by atoms with Gasteiger partial charge in [0.05, 0.1) is 11.6 Å². The number of ketones is 1. The smallest absolute Gasteiger partial charge is 0.301 e. The SMILES string of the molecule is C[C@H]1Cc2cc(/C(O)=C3\C(=O)C(=O)N(c4nccs4)[C@@H]3c3ccc(C(C)(C)C)cc3)ccc2O1. The number of carbonyl (C=O) groups excluding carboxylic acids is 2. The predicted molar refractivity (Wildman–Crippen MR) is 132 cm³/mol. The third-order valence-corrected chi connectivity index (χ3v) is 7.10. The Labute approximate surface area is 202 Å². The van der Waals surface area contributed by atoms with Crippen LogP contribution in [0.4, 0.5) is 5.13 Å². The molecule has 3 aromatic rings. The van der Waals surface area contributed by atoms with Gasteiger partial charge in [0.15, 0.2) is 5.13 Å². The number of ether oxygens (including phenoxy) is 1. The van der Waals surface area contributed by atoms with Crippen LogP contribution in [-0.2, 0) is 21.4 Å². The number of aliphatic hydroxyl groups is 1. The van der Waals surface area contributed by atoms with Crippen LogP contribution in [0.15, 0.2) is 59.6 Å². The summed E-state index contributed by atoms with van der Waals surface area (Å²) in [7, 11) is 0. The zero-order chi connectivity index (χ0) is 24.2. The Kier molecular flexibility index (Phi) is 5.32. The zero-order valence-corrected chi connectivity index (χ0v) is 20.3. The van der Waals surface area contributed by atoms with Crippen LogP contribution in [0.3, 0.4) is 0 Å². The van der Waals surface area contributed by atoms with E-state index in [2.05, 4.69) is 25.8 Å². The van der Waals surface area contributed by atoms with Gasteiger partial charge in [-0.3, -0.25) is 14.5 Å². The van der Waals surface area contributed by atoms with E-state index in [0.717, 1.165) is 28.9 Å². The van der Waals surface area contributed by atoms with E-state index in [1.165, 1.54) is 16.2 Å². The average Bonchev–Trinajstić information content (AvgIpc) is 3.50. The van der Waals surface area contributed by atoms with Crippen molar-refractivity contribution in [2.45, 2.75) is 51.7 Å². The fourth-order valence-electron chi connectivity index (χ4n) is 4.57. The number of rotatable bonds is 3. The van der Waals surface area contributed by atoms with Crippen molar-refractivity contribution in [2.75, 3.05) is 4.90 Å². The third-order valence-electron chi connectivity index (χ3n) is 6.33. The van der Waals surface area contributed by atoms with Crippen molar-refractivity contribution in [3.8, 4) is 5.75 Å². The van der Waals surface area contributed by atoms with Gasteiger partial charge in [0.2, 0.25) is 0 Å². The Morgan fingerprint density at radius 1 is 1.15 bits per heavy atom. The second-order valence-electron chi connectivity index (χ2n) is 9.81. The topological polar surface area (TPSA) is 79.7 Å². The minimum Gasteiger partial charge on any atom is -0.507 e. The maximum atomic E-state index is 13.3. The monoisotopic (exact) mass is 474 g/mol. The quantitative estimate of drug-likeness (QED) is 0.313. The molecule has 0 radical (unpaired) electrons. The van der Waals surface area contributed by atoms with E-state index in [0.29, 0.717) is 10.7 Å². The molecule has 1 fully saturated rings. The number of aromatic nitrogens is 1. The first kappa shape index (κ1) is 22.3. The molecule has 5 rings (SSSR count). The highest BCUT2D eigenvalue weighted by atomic mass is 32.1. The van der Waals surface area contributed by atoms with Crippen molar-refractivity contribution < 1.29 is 19.4 Å². The second kappa shape index (κ2) is 8.09. The summed E-state index contributed by atoms with van der Waals surface area (Å²) in [6.45, 7) is 8.37. The summed E-state index contributed by atoms with van der Waals surface area (Å²) in [6, 6.07) is 12.4. The molecule has 34 heavy (non-hydrogen) atoms. The normalized spacial score (nSPS) is 21.6. The average molecular weight is 475 g/mol. The molecule has 1 saturated heterocycles. The molecular formula is C27H26N2O4S. The van der Waals surface area contributed by atoms with Crippen LogP contribution < -0.4 is 9.64 Å². The Morgan fingerprint density at radius 2 is 1.88 bits per heavy atom. The molecule has 6 nitrogen and oxygen atoms in total. The molecule has 3 heterocycles. The van der Waals surface area contributed by atoms with Crippen LogP contribution in [0.1, 0.15) is 56.0 Å². The molecule has 1 aromatic heterocycles.